The van der Waals surface area contributed by atoms with Crippen molar-refractivity contribution in [3.05, 3.63) is 99.0 Å². The molecule has 1 N–H and O–H groups in total. The fourth-order valence-electron chi connectivity index (χ4n) is 5.14. The monoisotopic (exact) mass is 634 g/mol. The first-order valence-corrected chi connectivity index (χ1v) is 15.0. The van der Waals surface area contributed by atoms with Crippen LogP contribution in [0.4, 0.5) is 0 Å². The summed E-state index contributed by atoms with van der Waals surface area (Å²) in [5.41, 5.74) is 4.28. The van der Waals surface area contributed by atoms with Crippen molar-refractivity contribution in [2.45, 2.75) is 59.0 Å². The summed E-state index contributed by atoms with van der Waals surface area (Å²) in [6.45, 7) is 10.0. The predicted octanol–water partition coefficient (Wildman–Crippen LogP) is 8.90. The molecule has 0 fully saturated rings. The molecule has 0 aliphatic carbocycles. The van der Waals surface area contributed by atoms with Gasteiger partial charge in [0.05, 0.1) is 23.2 Å². The van der Waals surface area contributed by atoms with Crippen molar-refractivity contribution < 1.29 is 14.3 Å². The van der Waals surface area contributed by atoms with E-state index in [1.165, 1.54) is 0 Å². The first-order valence-electron chi connectivity index (χ1n) is 13.8. The van der Waals surface area contributed by atoms with Crippen molar-refractivity contribution in [3.63, 3.8) is 0 Å². The Hall–Kier alpha value is -3.22. The smallest absolute Gasteiger partial charge is 0.306 e. The molecule has 0 aliphatic rings. The average Bonchev–Trinajstić information content (AvgIpc) is 2.91. The first kappa shape index (κ1) is 30.7. The van der Waals surface area contributed by atoms with Crippen LogP contribution in [0.2, 0.25) is 5.02 Å². The minimum atomic E-state index is -0.569. The number of esters is 1. The summed E-state index contributed by atoms with van der Waals surface area (Å²) in [4.78, 5) is 31.5. The maximum atomic E-state index is 13.8. The molecule has 7 heteroatoms. The first-order chi connectivity index (χ1) is 19.4. The van der Waals surface area contributed by atoms with E-state index < -0.39 is 5.60 Å². The molecule has 4 rings (SSSR count). The fourth-order valence-corrected chi connectivity index (χ4v) is 5.79. The molecule has 2 atom stereocenters. The van der Waals surface area contributed by atoms with Crippen LogP contribution in [0.15, 0.2) is 77.3 Å². The van der Waals surface area contributed by atoms with Crippen LogP contribution in [0.25, 0.3) is 22.2 Å². The number of rotatable bonds is 9. The predicted molar refractivity (Wildman–Crippen MR) is 170 cm³/mol. The van der Waals surface area contributed by atoms with Gasteiger partial charge in [0.15, 0.2) is 0 Å². The molecule has 0 saturated carbocycles. The molecular formula is C34H36BrClN2O3. The Morgan fingerprint density at radius 2 is 1.71 bits per heavy atom. The van der Waals surface area contributed by atoms with Gasteiger partial charge in [-0.25, -0.2) is 4.98 Å². The van der Waals surface area contributed by atoms with Gasteiger partial charge in [-0.2, -0.15) is 0 Å². The quantitative estimate of drug-likeness (QED) is 0.187. The third-order valence-electron chi connectivity index (χ3n) is 6.94. The van der Waals surface area contributed by atoms with Crippen molar-refractivity contribution in [2.75, 3.05) is 6.54 Å². The van der Waals surface area contributed by atoms with Crippen LogP contribution in [0.1, 0.15) is 67.9 Å². The number of pyridine rings is 1. The number of carbonyl (C=O) groups excluding carboxylic acids is 2. The number of carbonyl (C=O) groups is 2. The number of benzene rings is 3. The number of hydrogen-bond donors (Lipinski definition) is 1. The van der Waals surface area contributed by atoms with Crippen molar-refractivity contribution in [2.24, 2.45) is 5.92 Å². The summed E-state index contributed by atoms with van der Waals surface area (Å²) in [6.07, 6.45) is 0.863. The van der Waals surface area contributed by atoms with Crippen molar-refractivity contribution >= 4 is 50.3 Å². The lowest BCUT2D eigenvalue weighted by atomic mass is 9.87. The lowest BCUT2D eigenvalue weighted by Gasteiger charge is -2.25. The molecule has 2 unspecified atom stereocenters. The van der Waals surface area contributed by atoms with Gasteiger partial charge in [0.2, 0.25) is 0 Å². The average molecular weight is 636 g/mol. The van der Waals surface area contributed by atoms with E-state index in [1.54, 1.807) is 0 Å². The maximum Gasteiger partial charge on any atom is 0.306 e. The highest BCUT2D eigenvalue weighted by Gasteiger charge is 2.26. The Labute approximate surface area is 255 Å². The van der Waals surface area contributed by atoms with Gasteiger partial charge in [-0.3, -0.25) is 9.59 Å². The molecule has 4 aromatic rings. The zero-order valence-electron chi connectivity index (χ0n) is 24.1. The molecule has 5 nitrogen and oxygen atoms in total. The molecule has 41 heavy (non-hydrogen) atoms. The number of aromatic nitrogens is 1. The van der Waals surface area contributed by atoms with Gasteiger partial charge in [0.1, 0.15) is 5.60 Å². The molecule has 3 aromatic carbocycles. The third-order valence-corrected chi connectivity index (χ3v) is 7.78. The van der Waals surface area contributed by atoms with Crippen LogP contribution >= 0.6 is 27.5 Å². The number of ether oxygens (including phenoxy) is 1. The van der Waals surface area contributed by atoms with E-state index in [1.807, 2.05) is 100 Å². The van der Waals surface area contributed by atoms with Gasteiger partial charge >= 0.3 is 5.97 Å². The summed E-state index contributed by atoms with van der Waals surface area (Å²) < 4.78 is 6.50. The van der Waals surface area contributed by atoms with Crippen molar-refractivity contribution in [1.82, 2.24) is 10.3 Å². The second kappa shape index (κ2) is 13.2. The lowest BCUT2D eigenvalue weighted by Crippen LogP contribution is -2.30. The van der Waals surface area contributed by atoms with E-state index in [2.05, 4.69) is 28.2 Å². The number of amides is 1. The molecular weight excluding hydrogens is 600 g/mol. The largest absolute Gasteiger partial charge is 0.460 e. The molecule has 0 saturated heterocycles. The van der Waals surface area contributed by atoms with Gasteiger partial charge in [-0.05, 0) is 81.3 Å². The van der Waals surface area contributed by atoms with E-state index in [0.717, 1.165) is 37.8 Å². The van der Waals surface area contributed by atoms with E-state index in [0.29, 0.717) is 23.6 Å². The van der Waals surface area contributed by atoms with E-state index >= 15 is 0 Å². The van der Waals surface area contributed by atoms with Gasteiger partial charge in [0.25, 0.3) is 5.91 Å². The SMILES string of the molecule is Cc1c(-c2ccccc2)nc2ccc(Br)cc2c1C(=O)NCC(C)CC(CC(=O)OC(C)(C)C)c1ccccc1Cl. The maximum absolute atomic E-state index is 13.8. The molecule has 0 aliphatic heterocycles. The third kappa shape index (κ3) is 7.96. The van der Waals surface area contributed by atoms with Crippen LogP contribution in [-0.2, 0) is 9.53 Å². The van der Waals surface area contributed by atoms with Crippen molar-refractivity contribution in [1.29, 1.82) is 0 Å². The summed E-state index contributed by atoms with van der Waals surface area (Å²) in [5, 5.41) is 4.57. The Morgan fingerprint density at radius 3 is 2.39 bits per heavy atom. The highest BCUT2D eigenvalue weighted by Crippen LogP contribution is 2.34. The molecule has 0 radical (unpaired) electrons. The lowest BCUT2D eigenvalue weighted by molar-refractivity contribution is -0.155. The van der Waals surface area contributed by atoms with Crippen LogP contribution in [0.5, 0.6) is 0 Å². The minimum Gasteiger partial charge on any atom is -0.460 e. The number of nitrogens with one attached hydrogen (secondary N) is 1. The highest BCUT2D eigenvalue weighted by molar-refractivity contribution is 9.10. The van der Waals surface area contributed by atoms with Crippen LogP contribution in [0.3, 0.4) is 0 Å². The summed E-state index contributed by atoms with van der Waals surface area (Å²) in [6, 6.07) is 23.3. The Bertz CT molecular complexity index is 1550. The second-order valence-electron chi connectivity index (χ2n) is 11.5. The Balaban J connectivity index is 1.57. The highest BCUT2D eigenvalue weighted by atomic mass is 79.9. The second-order valence-corrected chi connectivity index (χ2v) is 12.9. The van der Waals surface area contributed by atoms with Crippen molar-refractivity contribution in [3.8, 4) is 11.3 Å². The van der Waals surface area contributed by atoms with E-state index in [9.17, 15) is 9.59 Å². The summed E-state index contributed by atoms with van der Waals surface area (Å²) >= 11 is 10.1. The van der Waals surface area contributed by atoms with Crippen LogP contribution in [0, 0.1) is 12.8 Å². The minimum absolute atomic E-state index is 0.0661. The molecule has 1 heterocycles. The molecule has 0 spiro atoms. The zero-order valence-corrected chi connectivity index (χ0v) is 26.5. The zero-order chi connectivity index (χ0) is 29.7. The summed E-state index contributed by atoms with van der Waals surface area (Å²) in [7, 11) is 0. The van der Waals surface area contributed by atoms with E-state index in [4.69, 9.17) is 21.3 Å². The molecule has 214 valence electrons. The van der Waals surface area contributed by atoms with Gasteiger partial charge in [-0.1, -0.05) is 83.0 Å². The van der Waals surface area contributed by atoms with Gasteiger partial charge in [-0.15, -0.1) is 0 Å². The summed E-state index contributed by atoms with van der Waals surface area (Å²) in [5.74, 6) is -0.499. The number of halogens is 2. The van der Waals surface area contributed by atoms with E-state index in [-0.39, 0.29) is 30.1 Å². The number of fused-ring (bicyclic) bond motifs is 1. The van der Waals surface area contributed by atoms with Crippen LogP contribution < -0.4 is 5.32 Å². The molecule has 1 aromatic heterocycles. The van der Waals surface area contributed by atoms with Gasteiger partial charge < -0.3 is 10.1 Å². The molecule has 1 amide bonds. The molecule has 0 bridgehead atoms. The Morgan fingerprint density at radius 1 is 1.02 bits per heavy atom. The van der Waals surface area contributed by atoms with Gasteiger partial charge in [0, 0.05) is 27.0 Å². The Kier molecular flexibility index (Phi) is 9.88. The number of nitrogens with zero attached hydrogens (tertiary/aromatic N) is 1. The normalized spacial score (nSPS) is 13.0. The fraction of sp³-hybridized carbons (Fsp3) is 0.324. The topological polar surface area (TPSA) is 68.3 Å². The standard InChI is InChI=1S/C34H36BrClN2O3/c1-21(17-24(18-30(39)41-34(3,4)5)26-13-9-10-14-28(26)36)20-37-33(40)31-22(2)32(23-11-7-6-8-12-23)38-29-16-15-25(35)19-27(29)31/h6-16,19,21,24H,17-18,20H2,1-5H3,(H,37,40). The van der Waals surface area contributed by atoms with Crippen LogP contribution in [-0.4, -0.2) is 29.0 Å². The number of hydrogen-bond acceptors (Lipinski definition) is 4.